The summed E-state index contributed by atoms with van der Waals surface area (Å²) in [5, 5.41) is 3.56. The third kappa shape index (κ3) is 4.19. The van der Waals surface area contributed by atoms with Gasteiger partial charge in [-0.25, -0.2) is 0 Å². The van der Waals surface area contributed by atoms with E-state index in [1.807, 2.05) is 0 Å². The molecular formula is C18H31N3. The van der Waals surface area contributed by atoms with Crippen LogP contribution in [-0.4, -0.2) is 24.1 Å². The summed E-state index contributed by atoms with van der Waals surface area (Å²) in [6.07, 6.45) is 4.71. The number of rotatable bonds is 5. The van der Waals surface area contributed by atoms with Crippen molar-refractivity contribution in [2.75, 3.05) is 18.0 Å². The molecule has 1 aromatic heterocycles. The molecule has 0 aliphatic carbocycles. The predicted molar refractivity (Wildman–Crippen MR) is 90.7 cm³/mol. The maximum absolute atomic E-state index is 4.51. The van der Waals surface area contributed by atoms with Crippen molar-refractivity contribution in [2.45, 2.75) is 60.0 Å². The SMILES string of the molecule is Cc1cc(N2CCCC(C)C2C)c(CNCC(C)C)cn1. The zero-order chi connectivity index (χ0) is 15.4. The fraction of sp³-hybridized carbons (Fsp3) is 0.722. The molecule has 0 aromatic carbocycles. The van der Waals surface area contributed by atoms with Crippen molar-refractivity contribution in [3.63, 3.8) is 0 Å². The van der Waals surface area contributed by atoms with Crippen LogP contribution in [0.2, 0.25) is 0 Å². The van der Waals surface area contributed by atoms with Crippen LogP contribution in [0.3, 0.4) is 0 Å². The average Bonchev–Trinajstić information content (AvgIpc) is 2.43. The van der Waals surface area contributed by atoms with Crippen LogP contribution in [0, 0.1) is 18.8 Å². The fourth-order valence-corrected chi connectivity index (χ4v) is 3.15. The molecule has 2 heterocycles. The number of aryl methyl sites for hydroxylation is 1. The van der Waals surface area contributed by atoms with E-state index in [0.29, 0.717) is 12.0 Å². The highest BCUT2D eigenvalue weighted by atomic mass is 15.2. The number of hydrogen-bond acceptors (Lipinski definition) is 3. The van der Waals surface area contributed by atoms with Gasteiger partial charge in [0.25, 0.3) is 0 Å². The second-order valence-corrected chi connectivity index (χ2v) is 7.03. The van der Waals surface area contributed by atoms with Gasteiger partial charge in [0.1, 0.15) is 0 Å². The summed E-state index contributed by atoms with van der Waals surface area (Å²) in [6, 6.07) is 2.88. The minimum absolute atomic E-state index is 0.615. The van der Waals surface area contributed by atoms with E-state index in [-0.39, 0.29) is 0 Å². The summed E-state index contributed by atoms with van der Waals surface area (Å²) in [5.74, 6) is 1.45. The van der Waals surface area contributed by atoms with Gasteiger partial charge in [0, 0.05) is 42.3 Å². The Hall–Kier alpha value is -1.09. The zero-order valence-electron chi connectivity index (χ0n) is 14.3. The highest BCUT2D eigenvalue weighted by Gasteiger charge is 2.26. The molecule has 0 saturated carbocycles. The Balaban J connectivity index is 2.18. The van der Waals surface area contributed by atoms with Gasteiger partial charge in [-0.05, 0) is 51.1 Å². The largest absolute Gasteiger partial charge is 0.368 e. The summed E-state index contributed by atoms with van der Waals surface area (Å²) in [6.45, 7) is 14.5. The maximum atomic E-state index is 4.51. The molecule has 0 spiro atoms. The van der Waals surface area contributed by atoms with Crippen molar-refractivity contribution < 1.29 is 0 Å². The Morgan fingerprint density at radius 2 is 2.14 bits per heavy atom. The molecule has 2 atom stereocenters. The number of nitrogens with one attached hydrogen (secondary N) is 1. The molecule has 1 aliphatic heterocycles. The molecule has 118 valence electrons. The highest BCUT2D eigenvalue weighted by molar-refractivity contribution is 5.54. The summed E-state index contributed by atoms with van der Waals surface area (Å²) in [4.78, 5) is 7.10. The summed E-state index contributed by atoms with van der Waals surface area (Å²) >= 11 is 0. The Bertz CT molecular complexity index is 456. The predicted octanol–water partition coefficient (Wildman–Crippen LogP) is 3.76. The van der Waals surface area contributed by atoms with E-state index >= 15 is 0 Å². The second-order valence-electron chi connectivity index (χ2n) is 7.03. The number of aromatic nitrogens is 1. The minimum Gasteiger partial charge on any atom is -0.368 e. The number of hydrogen-bond donors (Lipinski definition) is 1. The lowest BCUT2D eigenvalue weighted by Crippen LogP contribution is -2.43. The standard InChI is InChI=1S/C18H31N3/c1-13(2)10-19-11-17-12-20-15(4)9-18(17)21-8-6-7-14(3)16(21)5/h9,12-14,16,19H,6-8,10-11H2,1-5H3. The number of pyridine rings is 1. The molecule has 1 fully saturated rings. The van der Waals surface area contributed by atoms with Gasteiger partial charge < -0.3 is 10.2 Å². The fourth-order valence-electron chi connectivity index (χ4n) is 3.15. The monoisotopic (exact) mass is 289 g/mol. The smallest absolute Gasteiger partial charge is 0.0448 e. The normalized spacial score (nSPS) is 22.9. The Morgan fingerprint density at radius 1 is 1.38 bits per heavy atom. The first kappa shape index (κ1) is 16.3. The van der Waals surface area contributed by atoms with Gasteiger partial charge in [-0.15, -0.1) is 0 Å². The number of nitrogens with zero attached hydrogens (tertiary/aromatic N) is 2. The summed E-state index contributed by atoms with van der Waals surface area (Å²) in [5.41, 5.74) is 3.84. The second kappa shape index (κ2) is 7.26. The van der Waals surface area contributed by atoms with Gasteiger partial charge in [0.2, 0.25) is 0 Å². The van der Waals surface area contributed by atoms with Crippen LogP contribution in [0.1, 0.15) is 51.8 Å². The van der Waals surface area contributed by atoms with Crippen molar-refractivity contribution in [1.82, 2.24) is 10.3 Å². The van der Waals surface area contributed by atoms with E-state index < -0.39 is 0 Å². The average molecular weight is 289 g/mol. The first-order valence-corrected chi connectivity index (χ1v) is 8.42. The molecule has 3 heteroatoms. The highest BCUT2D eigenvalue weighted by Crippen LogP contribution is 2.31. The van der Waals surface area contributed by atoms with E-state index in [4.69, 9.17) is 0 Å². The molecule has 0 radical (unpaired) electrons. The summed E-state index contributed by atoms with van der Waals surface area (Å²) < 4.78 is 0. The third-order valence-electron chi connectivity index (χ3n) is 4.65. The van der Waals surface area contributed by atoms with Crippen molar-refractivity contribution in [2.24, 2.45) is 11.8 Å². The van der Waals surface area contributed by atoms with Crippen molar-refractivity contribution in [1.29, 1.82) is 0 Å². The van der Waals surface area contributed by atoms with E-state index in [1.165, 1.54) is 30.6 Å². The lowest BCUT2D eigenvalue weighted by atomic mass is 9.91. The zero-order valence-corrected chi connectivity index (χ0v) is 14.3. The van der Waals surface area contributed by atoms with Crippen LogP contribution in [0.15, 0.2) is 12.3 Å². The van der Waals surface area contributed by atoms with Crippen LogP contribution >= 0.6 is 0 Å². The molecule has 0 bridgehead atoms. The Labute approximate surface area is 130 Å². The van der Waals surface area contributed by atoms with Crippen LogP contribution < -0.4 is 10.2 Å². The van der Waals surface area contributed by atoms with Gasteiger partial charge in [-0.1, -0.05) is 20.8 Å². The molecule has 1 aliphatic rings. The Morgan fingerprint density at radius 3 is 2.86 bits per heavy atom. The van der Waals surface area contributed by atoms with Gasteiger partial charge in [0.05, 0.1) is 0 Å². The molecule has 1 saturated heterocycles. The van der Waals surface area contributed by atoms with E-state index in [0.717, 1.165) is 24.7 Å². The van der Waals surface area contributed by atoms with Gasteiger partial charge in [-0.2, -0.15) is 0 Å². The molecule has 1 N–H and O–H groups in total. The van der Waals surface area contributed by atoms with Crippen LogP contribution in [-0.2, 0) is 6.54 Å². The molecule has 2 rings (SSSR count). The molecule has 3 nitrogen and oxygen atoms in total. The lowest BCUT2D eigenvalue weighted by molar-refractivity contribution is 0.362. The summed E-state index contributed by atoms with van der Waals surface area (Å²) in [7, 11) is 0. The van der Waals surface area contributed by atoms with Gasteiger partial charge >= 0.3 is 0 Å². The Kier molecular flexibility index (Phi) is 5.63. The molecule has 2 unspecified atom stereocenters. The lowest BCUT2D eigenvalue weighted by Gasteiger charge is -2.40. The van der Waals surface area contributed by atoms with Crippen molar-refractivity contribution >= 4 is 5.69 Å². The number of piperidine rings is 1. The number of anilines is 1. The minimum atomic E-state index is 0.615. The third-order valence-corrected chi connectivity index (χ3v) is 4.65. The molecule has 1 aromatic rings. The van der Waals surface area contributed by atoms with Gasteiger partial charge in [-0.3, -0.25) is 4.98 Å². The quantitative estimate of drug-likeness (QED) is 0.894. The van der Waals surface area contributed by atoms with E-state index in [1.54, 1.807) is 0 Å². The van der Waals surface area contributed by atoms with Crippen molar-refractivity contribution in [3.8, 4) is 0 Å². The van der Waals surface area contributed by atoms with Crippen molar-refractivity contribution in [3.05, 3.63) is 23.5 Å². The first-order chi connectivity index (χ1) is 9.99. The topological polar surface area (TPSA) is 28.2 Å². The van der Waals surface area contributed by atoms with E-state index in [2.05, 4.69) is 62.1 Å². The molecule has 0 amide bonds. The van der Waals surface area contributed by atoms with Crippen LogP contribution in [0.5, 0.6) is 0 Å². The van der Waals surface area contributed by atoms with Gasteiger partial charge in [0.15, 0.2) is 0 Å². The maximum Gasteiger partial charge on any atom is 0.0448 e. The van der Waals surface area contributed by atoms with Crippen LogP contribution in [0.25, 0.3) is 0 Å². The molecule has 21 heavy (non-hydrogen) atoms. The molecular weight excluding hydrogens is 258 g/mol. The van der Waals surface area contributed by atoms with E-state index in [9.17, 15) is 0 Å². The first-order valence-electron chi connectivity index (χ1n) is 8.42. The van der Waals surface area contributed by atoms with Crippen LogP contribution in [0.4, 0.5) is 5.69 Å².